The van der Waals surface area contributed by atoms with Crippen LogP contribution in [0.2, 0.25) is 5.02 Å². The number of halogens is 1. The van der Waals surface area contributed by atoms with Crippen molar-refractivity contribution in [2.45, 2.75) is 32.2 Å². The molecule has 1 rings (SSSR count). The molecule has 0 aliphatic carbocycles. The van der Waals surface area contributed by atoms with Crippen molar-refractivity contribution in [1.82, 2.24) is 5.32 Å². The van der Waals surface area contributed by atoms with Crippen molar-refractivity contribution in [2.75, 3.05) is 0 Å². The largest absolute Gasteiger partial charge is 0.480 e. The molecule has 0 aliphatic heterocycles. The van der Waals surface area contributed by atoms with E-state index in [1.54, 1.807) is 6.07 Å². The summed E-state index contributed by atoms with van der Waals surface area (Å²) in [5.41, 5.74) is 6.75. The lowest BCUT2D eigenvalue weighted by Crippen LogP contribution is -2.43. The summed E-state index contributed by atoms with van der Waals surface area (Å²) in [4.78, 5) is 33.3. The standard InChI is InChI=1S/C14H17ClN2O4/c1-8-2-3-9(6-10(8)15)4-5-13(19)17-11(14(20)21)7-12(16)18/h2-3,6,11H,4-5,7H2,1H3,(H2,16,18)(H,17,19)(H,20,21)/t11-/m1/s1. The van der Waals surface area contributed by atoms with Gasteiger partial charge < -0.3 is 16.2 Å². The molecule has 0 aliphatic rings. The van der Waals surface area contributed by atoms with Crippen molar-refractivity contribution in [3.05, 3.63) is 34.3 Å². The van der Waals surface area contributed by atoms with Gasteiger partial charge in [0.1, 0.15) is 6.04 Å². The number of nitrogens with two attached hydrogens (primary N) is 1. The van der Waals surface area contributed by atoms with Gasteiger partial charge in [-0.3, -0.25) is 9.59 Å². The van der Waals surface area contributed by atoms with Crippen molar-refractivity contribution >= 4 is 29.4 Å². The molecule has 0 bridgehead atoms. The third-order valence-electron chi connectivity index (χ3n) is 2.92. The Morgan fingerprint density at radius 2 is 2.05 bits per heavy atom. The maximum atomic E-state index is 11.7. The number of carboxylic acid groups (broad SMARTS) is 1. The first-order valence-corrected chi connectivity index (χ1v) is 6.73. The summed E-state index contributed by atoms with van der Waals surface area (Å²) in [7, 11) is 0. The molecular weight excluding hydrogens is 296 g/mol. The lowest BCUT2D eigenvalue weighted by atomic mass is 10.1. The number of carbonyl (C=O) groups excluding carboxylic acids is 2. The van der Waals surface area contributed by atoms with Crippen LogP contribution < -0.4 is 11.1 Å². The highest BCUT2D eigenvalue weighted by molar-refractivity contribution is 6.31. The van der Waals surface area contributed by atoms with Gasteiger partial charge in [-0.15, -0.1) is 0 Å². The van der Waals surface area contributed by atoms with Gasteiger partial charge in [-0.2, -0.15) is 0 Å². The minimum absolute atomic E-state index is 0.0991. The SMILES string of the molecule is Cc1ccc(CCC(=O)N[C@H](CC(N)=O)C(=O)O)cc1Cl. The van der Waals surface area contributed by atoms with E-state index in [4.69, 9.17) is 22.4 Å². The minimum Gasteiger partial charge on any atom is -0.480 e. The molecule has 1 aromatic rings. The highest BCUT2D eigenvalue weighted by Crippen LogP contribution is 2.17. The van der Waals surface area contributed by atoms with Crippen LogP contribution >= 0.6 is 11.6 Å². The molecule has 0 radical (unpaired) electrons. The Bertz CT molecular complexity index is 560. The molecule has 0 saturated carbocycles. The number of amides is 2. The zero-order valence-corrected chi connectivity index (χ0v) is 12.3. The lowest BCUT2D eigenvalue weighted by Gasteiger charge is -2.12. The number of aryl methyl sites for hydroxylation is 2. The molecule has 21 heavy (non-hydrogen) atoms. The molecule has 0 fully saturated rings. The molecule has 0 heterocycles. The summed E-state index contributed by atoms with van der Waals surface area (Å²) in [5.74, 6) is -2.53. The fourth-order valence-corrected chi connectivity index (χ4v) is 1.92. The number of carboxylic acids is 1. The highest BCUT2D eigenvalue weighted by Gasteiger charge is 2.21. The van der Waals surface area contributed by atoms with Crippen molar-refractivity contribution in [1.29, 1.82) is 0 Å². The van der Waals surface area contributed by atoms with Crippen LogP contribution in [0.25, 0.3) is 0 Å². The molecule has 7 heteroatoms. The fraction of sp³-hybridized carbons (Fsp3) is 0.357. The van der Waals surface area contributed by atoms with Crippen LogP contribution in [0.4, 0.5) is 0 Å². The van der Waals surface area contributed by atoms with Crippen molar-refractivity contribution in [2.24, 2.45) is 5.73 Å². The van der Waals surface area contributed by atoms with E-state index in [1.807, 2.05) is 19.1 Å². The second-order valence-electron chi connectivity index (χ2n) is 4.71. The third kappa shape index (κ3) is 5.83. The fourth-order valence-electron chi connectivity index (χ4n) is 1.72. The van der Waals surface area contributed by atoms with Gasteiger partial charge in [0.2, 0.25) is 11.8 Å². The zero-order valence-electron chi connectivity index (χ0n) is 11.6. The van der Waals surface area contributed by atoms with E-state index in [0.29, 0.717) is 11.4 Å². The number of hydrogen-bond donors (Lipinski definition) is 3. The minimum atomic E-state index is -1.29. The molecule has 0 unspecified atom stereocenters. The zero-order chi connectivity index (χ0) is 16.0. The van der Waals surface area contributed by atoms with Crippen molar-refractivity contribution in [3.63, 3.8) is 0 Å². The van der Waals surface area contributed by atoms with Crippen molar-refractivity contribution in [3.8, 4) is 0 Å². The second-order valence-corrected chi connectivity index (χ2v) is 5.12. The molecule has 6 nitrogen and oxygen atoms in total. The number of carbonyl (C=O) groups is 3. The van der Waals surface area contributed by atoms with E-state index in [-0.39, 0.29) is 6.42 Å². The Hall–Kier alpha value is -2.08. The van der Waals surface area contributed by atoms with E-state index in [2.05, 4.69) is 5.32 Å². The summed E-state index contributed by atoms with van der Waals surface area (Å²) < 4.78 is 0. The molecular formula is C14H17ClN2O4. The molecule has 4 N–H and O–H groups in total. The summed E-state index contributed by atoms with van der Waals surface area (Å²) >= 11 is 5.98. The maximum absolute atomic E-state index is 11.7. The number of rotatable bonds is 7. The number of primary amides is 1. The highest BCUT2D eigenvalue weighted by atomic mass is 35.5. The summed E-state index contributed by atoms with van der Waals surface area (Å²) in [6, 6.07) is 4.17. The average molecular weight is 313 g/mol. The van der Waals surface area contributed by atoms with Gasteiger partial charge in [-0.05, 0) is 30.5 Å². The molecule has 1 aromatic carbocycles. The number of benzene rings is 1. The molecule has 0 spiro atoms. The Morgan fingerprint density at radius 3 is 2.57 bits per heavy atom. The van der Waals surface area contributed by atoms with E-state index in [1.165, 1.54) is 0 Å². The summed E-state index contributed by atoms with van der Waals surface area (Å²) in [6.45, 7) is 1.88. The topological polar surface area (TPSA) is 109 Å². The number of hydrogen-bond acceptors (Lipinski definition) is 3. The molecule has 2 amide bonds. The molecule has 0 saturated heterocycles. The van der Waals surface area contributed by atoms with Gasteiger partial charge in [-0.25, -0.2) is 4.79 Å². The Balaban J connectivity index is 2.54. The van der Waals surface area contributed by atoms with E-state index >= 15 is 0 Å². The smallest absolute Gasteiger partial charge is 0.326 e. The van der Waals surface area contributed by atoms with Crippen LogP contribution in [-0.2, 0) is 20.8 Å². The number of aliphatic carboxylic acids is 1. The first-order valence-electron chi connectivity index (χ1n) is 6.35. The lowest BCUT2D eigenvalue weighted by molar-refractivity contribution is -0.143. The van der Waals surface area contributed by atoms with Gasteiger partial charge in [0.15, 0.2) is 0 Å². The van der Waals surface area contributed by atoms with Gasteiger partial charge >= 0.3 is 5.97 Å². The van der Waals surface area contributed by atoms with Gasteiger partial charge in [-0.1, -0.05) is 23.7 Å². The Morgan fingerprint density at radius 1 is 1.38 bits per heavy atom. The molecule has 0 aromatic heterocycles. The van der Waals surface area contributed by atoms with Gasteiger partial charge in [0.25, 0.3) is 0 Å². The second kappa shape index (κ2) is 7.64. The van der Waals surface area contributed by atoms with Crippen LogP contribution in [0.1, 0.15) is 24.0 Å². The van der Waals surface area contributed by atoms with Crippen LogP contribution in [0.15, 0.2) is 18.2 Å². The van der Waals surface area contributed by atoms with Crippen LogP contribution in [0.3, 0.4) is 0 Å². The normalized spacial score (nSPS) is 11.7. The van der Waals surface area contributed by atoms with E-state index in [9.17, 15) is 14.4 Å². The monoisotopic (exact) mass is 312 g/mol. The van der Waals surface area contributed by atoms with E-state index in [0.717, 1.165) is 11.1 Å². The third-order valence-corrected chi connectivity index (χ3v) is 3.32. The quantitative estimate of drug-likeness (QED) is 0.698. The van der Waals surface area contributed by atoms with Gasteiger partial charge in [0.05, 0.1) is 6.42 Å². The van der Waals surface area contributed by atoms with Crippen LogP contribution in [-0.4, -0.2) is 28.9 Å². The molecule has 114 valence electrons. The van der Waals surface area contributed by atoms with E-state index < -0.39 is 30.2 Å². The first kappa shape index (κ1) is 17.0. The van der Waals surface area contributed by atoms with Crippen LogP contribution in [0, 0.1) is 6.92 Å². The van der Waals surface area contributed by atoms with Crippen LogP contribution in [0.5, 0.6) is 0 Å². The average Bonchev–Trinajstić information content (AvgIpc) is 2.38. The summed E-state index contributed by atoms with van der Waals surface area (Å²) in [5, 5.41) is 11.8. The number of nitrogens with one attached hydrogen (secondary N) is 1. The Labute approximate surface area is 127 Å². The predicted molar refractivity (Wildman–Crippen MR) is 77.9 cm³/mol. The molecule has 1 atom stereocenters. The predicted octanol–water partition coefficient (Wildman–Crippen LogP) is 1.03. The Kier molecular flexibility index (Phi) is 6.17. The first-order chi connectivity index (χ1) is 9.79. The van der Waals surface area contributed by atoms with Gasteiger partial charge in [0, 0.05) is 11.4 Å². The maximum Gasteiger partial charge on any atom is 0.326 e. The summed E-state index contributed by atoms with van der Waals surface area (Å²) in [6.07, 6.45) is 0.0914. The van der Waals surface area contributed by atoms with Crippen molar-refractivity contribution < 1.29 is 19.5 Å².